The van der Waals surface area contributed by atoms with Gasteiger partial charge in [-0.05, 0) is 23.8 Å². The molecular formula is C23H18ClN5O4. The molecule has 1 fully saturated rings. The lowest BCUT2D eigenvalue weighted by atomic mass is 9.89. The summed E-state index contributed by atoms with van der Waals surface area (Å²) in [5.41, 5.74) is 0.309. The van der Waals surface area contributed by atoms with E-state index in [1.165, 1.54) is 17.0 Å². The van der Waals surface area contributed by atoms with Gasteiger partial charge in [-0.2, -0.15) is 0 Å². The number of aromatic hydroxyl groups is 1. The maximum absolute atomic E-state index is 13.0. The minimum Gasteiger partial charge on any atom is -0.497 e. The van der Waals surface area contributed by atoms with Gasteiger partial charge in [-0.15, -0.1) is 0 Å². The van der Waals surface area contributed by atoms with E-state index in [0.717, 1.165) is 5.39 Å². The lowest BCUT2D eigenvalue weighted by Crippen LogP contribution is -2.47. The van der Waals surface area contributed by atoms with Crippen LogP contribution in [0, 0.1) is 0 Å². The van der Waals surface area contributed by atoms with E-state index in [-0.39, 0.29) is 17.6 Å². The first-order valence-corrected chi connectivity index (χ1v) is 10.4. The van der Waals surface area contributed by atoms with Gasteiger partial charge in [0.05, 0.1) is 13.7 Å². The summed E-state index contributed by atoms with van der Waals surface area (Å²) in [6.07, 6.45) is 4.75. The molecule has 1 aliphatic heterocycles. The molecule has 10 heteroatoms. The number of aromatic nitrogens is 3. The molecule has 166 valence electrons. The van der Waals surface area contributed by atoms with Crippen LogP contribution < -0.4 is 15.4 Å². The third-order valence-corrected chi connectivity index (χ3v) is 6.00. The summed E-state index contributed by atoms with van der Waals surface area (Å²) in [4.78, 5) is 33.4. The standard InChI is InChI=1S/C23H18ClN5O4/c1-33-16-7-4-14-11-29(20(30)17(14)10-16)12-23(21(31)27-22(32)28-23)15-5-2-13(3-6-15)18-19(24)26-9-8-25-18/h2-11,30H,12H2,1H3,(H2,27,28,31,32)/t23-/m0/s1. The molecule has 0 aliphatic carbocycles. The molecule has 5 rings (SSSR count). The molecule has 1 saturated heterocycles. The van der Waals surface area contributed by atoms with E-state index >= 15 is 0 Å². The Morgan fingerprint density at radius 3 is 2.55 bits per heavy atom. The normalized spacial score (nSPS) is 17.8. The second kappa shape index (κ2) is 7.79. The van der Waals surface area contributed by atoms with Crippen LogP contribution >= 0.6 is 11.6 Å². The Labute approximate surface area is 193 Å². The summed E-state index contributed by atoms with van der Waals surface area (Å²) in [6, 6.07) is 11.6. The molecule has 1 atom stereocenters. The van der Waals surface area contributed by atoms with E-state index in [0.29, 0.717) is 28.0 Å². The molecule has 2 aromatic carbocycles. The van der Waals surface area contributed by atoms with Crippen molar-refractivity contribution in [2.24, 2.45) is 0 Å². The topological polar surface area (TPSA) is 118 Å². The molecule has 3 amide bonds. The number of amides is 3. The zero-order valence-electron chi connectivity index (χ0n) is 17.4. The lowest BCUT2D eigenvalue weighted by Gasteiger charge is -2.27. The second-order valence-corrected chi connectivity index (χ2v) is 7.98. The molecule has 4 aromatic rings. The number of nitrogens with zero attached hydrogens (tertiary/aromatic N) is 3. The average molecular weight is 464 g/mol. The van der Waals surface area contributed by atoms with Crippen LogP contribution in [0.1, 0.15) is 5.56 Å². The van der Waals surface area contributed by atoms with Gasteiger partial charge in [0.2, 0.25) is 0 Å². The minimum absolute atomic E-state index is 0.0291. The van der Waals surface area contributed by atoms with Gasteiger partial charge in [0, 0.05) is 34.9 Å². The highest BCUT2D eigenvalue weighted by Gasteiger charge is 2.48. The number of rotatable bonds is 5. The van der Waals surface area contributed by atoms with Crippen LogP contribution in [0.4, 0.5) is 4.79 Å². The third kappa shape index (κ3) is 3.42. The van der Waals surface area contributed by atoms with Gasteiger partial charge < -0.3 is 19.7 Å². The first kappa shape index (κ1) is 20.8. The molecule has 2 aromatic heterocycles. The van der Waals surface area contributed by atoms with Crippen molar-refractivity contribution < 1.29 is 19.4 Å². The smallest absolute Gasteiger partial charge is 0.322 e. The van der Waals surface area contributed by atoms with Gasteiger partial charge >= 0.3 is 6.03 Å². The molecular weight excluding hydrogens is 446 g/mol. The highest BCUT2D eigenvalue weighted by molar-refractivity contribution is 6.31. The Balaban J connectivity index is 1.57. The van der Waals surface area contributed by atoms with Gasteiger partial charge in [-0.3, -0.25) is 15.1 Å². The fraction of sp³-hybridized carbons (Fsp3) is 0.130. The number of hydrogen-bond acceptors (Lipinski definition) is 6. The van der Waals surface area contributed by atoms with Crippen LogP contribution in [0.25, 0.3) is 22.0 Å². The number of hydrogen-bond donors (Lipinski definition) is 3. The highest BCUT2D eigenvalue weighted by Crippen LogP contribution is 2.35. The zero-order valence-corrected chi connectivity index (χ0v) is 18.1. The number of urea groups is 1. The molecule has 1 aliphatic rings. The third-order valence-electron chi connectivity index (χ3n) is 5.72. The Kier molecular flexibility index (Phi) is 4.90. The lowest BCUT2D eigenvalue weighted by molar-refractivity contribution is -0.124. The molecule has 33 heavy (non-hydrogen) atoms. The second-order valence-electron chi connectivity index (χ2n) is 7.62. The summed E-state index contributed by atoms with van der Waals surface area (Å²) >= 11 is 6.15. The number of nitrogens with one attached hydrogen (secondary N) is 2. The fourth-order valence-corrected chi connectivity index (χ4v) is 4.27. The molecule has 0 radical (unpaired) electrons. The van der Waals surface area contributed by atoms with Crippen molar-refractivity contribution in [2.45, 2.75) is 12.1 Å². The maximum atomic E-state index is 13.0. The zero-order chi connectivity index (χ0) is 23.2. The Hall–Kier alpha value is -4.11. The highest BCUT2D eigenvalue weighted by atomic mass is 35.5. The number of methoxy groups -OCH3 is 1. The molecule has 0 saturated carbocycles. The average Bonchev–Trinajstić information content (AvgIpc) is 3.29. The summed E-state index contributed by atoms with van der Waals surface area (Å²) in [5, 5.41) is 17.5. The largest absolute Gasteiger partial charge is 0.497 e. The van der Waals surface area contributed by atoms with Crippen molar-refractivity contribution in [3.8, 4) is 22.9 Å². The predicted molar refractivity (Wildman–Crippen MR) is 121 cm³/mol. The minimum atomic E-state index is -1.43. The number of carbonyl (C=O) groups excluding carboxylic acids is 2. The molecule has 0 spiro atoms. The maximum Gasteiger partial charge on any atom is 0.322 e. The Bertz CT molecular complexity index is 1400. The van der Waals surface area contributed by atoms with E-state index < -0.39 is 17.5 Å². The summed E-state index contributed by atoms with van der Waals surface area (Å²) in [5.74, 6) is 0.0307. The quantitative estimate of drug-likeness (QED) is 0.391. The van der Waals surface area contributed by atoms with Crippen molar-refractivity contribution in [2.75, 3.05) is 7.11 Å². The van der Waals surface area contributed by atoms with Gasteiger partial charge in [0.15, 0.2) is 16.6 Å². The van der Waals surface area contributed by atoms with Crippen molar-refractivity contribution in [1.29, 1.82) is 0 Å². The predicted octanol–water partition coefficient (Wildman–Crippen LogP) is 3.20. The van der Waals surface area contributed by atoms with Crippen LogP contribution in [0.5, 0.6) is 11.6 Å². The number of carbonyl (C=O) groups is 2. The van der Waals surface area contributed by atoms with Gasteiger partial charge in [-0.25, -0.2) is 9.78 Å². The number of imide groups is 1. The van der Waals surface area contributed by atoms with Crippen molar-refractivity contribution in [1.82, 2.24) is 25.2 Å². The van der Waals surface area contributed by atoms with Crippen molar-refractivity contribution >= 4 is 34.3 Å². The van der Waals surface area contributed by atoms with Crippen LogP contribution in [-0.2, 0) is 16.9 Å². The first-order chi connectivity index (χ1) is 15.9. The number of halogens is 1. The Morgan fingerprint density at radius 2 is 1.88 bits per heavy atom. The van der Waals surface area contributed by atoms with Crippen LogP contribution in [0.2, 0.25) is 5.15 Å². The first-order valence-electron chi connectivity index (χ1n) is 9.98. The molecule has 3 heterocycles. The van der Waals surface area contributed by atoms with Crippen LogP contribution in [0.3, 0.4) is 0 Å². The van der Waals surface area contributed by atoms with Crippen molar-refractivity contribution in [3.63, 3.8) is 0 Å². The number of benzene rings is 2. The van der Waals surface area contributed by atoms with Gasteiger partial charge in [0.25, 0.3) is 5.91 Å². The van der Waals surface area contributed by atoms with E-state index in [1.807, 2.05) is 6.07 Å². The molecule has 9 nitrogen and oxygen atoms in total. The van der Waals surface area contributed by atoms with Gasteiger partial charge in [0.1, 0.15) is 11.4 Å². The van der Waals surface area contributed by atoms with E-state index in [1.54, 1.807) is 49.7 Å². The monoisotopic (exact) mass is 463 g/mol. The number of fused-ring (bicyclic) bond motifs is 1. The van der Waals surface area contributed by atoms with E-state index in [2.05, 4.69) is 20.6 Å². The van der Waals surface area contributed by atoms with Crippen molar-refractivity contribution in [3.05, 3.63) is 71.8 Å². The van der Waals surface area contributed by atoms with E-state index in [9.17, 15) is 14.7 Å². The van der Waals surface area contributed by atoms with E-state index in [4.69, 9.17) is 16.3 Å². The molecule has 0 unspecified atom stereocenters. The number of ether oxygens (including phenoxy) is 1. The Morgan fingerprint density at radius 1 is 1.12 bits per heavy atom. The fourth-order valence-electron chi connectivity index (χ4n) is 4.05. The summed E-state index contributed by atoms with van der Waals surface area (Å²) in [6.45, 7) is -0.0291. The molecule has 3 N–H and O–H groups in total. The summed E-state index contributed by atoms with van der Waals surface area (Å²) in [7, 11) is 1.54. The van der Waals surface area contributed by atoms with Gasteiger partial charge in [-0.1, -0.05) is 35.9 Å². The summed E-state index contributed by atoms with van der Waals surface area (Å²) < 4.78 is 6.77. The van der Waals surface area contributed by atoms with Crippen LogP contribution in [0.15, 0.2) is 61.1 Å². The van der Waals surface area contributed by atoms with Crippen LogP contribution in [-0.4, -0.2) is 38.7 Å². The SMILES string of the molecule is COc1ccc2cn(C[C@@]3(c4ccc(-c5nccnc5Cl)cc4)NC(=O)NC3=O)c(O)c2c1. The molecule has 0 bridgehead atoms.